The summed E-state index contributed by atoms with van der Waals surface area (Å²) in [5.74, 6) is -0.404. The van der Waals surface area contributed by atoms with Gasteiger partial charge in [0, 0.05) is 23.7 Å². The van der Waals surface area contributed by atoms with Gasteiger partial charge in [-0.15, -0.1) is 0 Å². The largest absolute Gasteiger partial charge is 0.417 e. The molecule has 0 aliphatic carbocycles. The number of carbonyl (C=O) groups excluding carboxylic acids is 1. The summed E-state index contributed by atoms with van der Waals surface area (Å²) in [5.41, 5.74) is 7.63. The minimum atomic E-state index is -4.45. The molecule has 1 heterocycles. The van der Waals surface area contributed by atoms with Gasteiger partial charge in [-0.2, -0.15) is 13.2 Å². The van der Waals surface area contributed by atoms with Crippen LogP contribution in [0.15, 0.2) is 65.8 Å². The van der Waals surface area contributed by atoms with Crippen LogP contribution >= 0.6 is 0 Å². The smallest absolute Gasteiger partial charge is 0.405 e. The number of hydrogen-bond acceptors (Lipinski definition) is 4. The molecule has 0 aliphatic heterocycles. The van der Waals surface area contributed by atoms with Crippen molar-refractivity contribution in [3.63, 3.8) is 0 Å². The summed E-state index contributed by atoms with van der Waals surface area (Å²) in [4.78, 5) is 20.5. The first-order valence-electron chi connectivity index (χ1n) is 8.99. The second-order valence-electron chi connectivity index (χ2n) is 6.52. The standard InChI is InChI=1S/C22H19F3N4O/c1-13-12-14(6-8-17(13)29-21(30)20(27-2)10-11-26)18-9-7-15-16(22(23,24)25)4-3-5-19(15)28-18/h3-12H,26H2,1-2H3,(H,29,30). The molecule has 1 amide bonds. The molecule has 8 heteroatoms. The summed E-state index contributed by atoms with van der Waals surface area (Å²) in [5, 5.41) is 2.81. The highest BCUT2D eigenvalue weighted by molar-refractivity contribution is 6.47. The molecule has 3 N–H and O–H groups in total. The van der Waals surface area contributed by atoms with Crippen molar-refractivity contribution in [2.24, 2.45) is 10.7 Å². The van der Waals surface area contributed by atoms with Crippen molar-refractivity contribution < 1.29 is 18.0 Å². The normalized spacial score (nSPS) is 12.5. The van der Waals surface area contributed by atoms with Crippen molar-refractivity contribution in [1.82, 2.24) is 4.98 Å². The third kappa shape index (κ3) is 4.32. The molecule has 5 nitrogen and oxygen atoms in total. The number of carbonyl (C=O) groups is 1. The summed E-state index contributed by atoms with van der Waals surface area (Å²) in [6, 6.07) is 12.2. The number of nitrogens with zero attached hydrogens (tertiary/aromatic N) is 2. The first-order valence-corrected chi connectivity index (χ1v) is 8.99. The molecule has 0 aliphatic rings. The van der Waals surface area contributed by atoms with Crippen LogP contribution in [0.3, 0.4) is 0 Å². The number of aryl methyl sites for hydroxylation is 1. The van der Waals surface area contributed by atoms with Crippen LogP contribution in [0, 0.1) is 6.92 Å². The molecular weight excluding hydrogens is 393 g/mol. The van der Waals surface area contributed by atoms with Gasteiger partial charge >= 0.3 is 6.18 Å². The predicted molar refractivity (Wildman–Crippen MR) is 112 cm³/mol. The Kier molecular flexibility index (Phi) is 5.86. The fourth-order valence-corrected chi connectivity index (χ4v) is 3.06. The van der Waals surface area contributed by atoms with Crippen molar-refractivity contribution >= 4 is 28.2 Å². The Morgan fingerprint density at radius 2 is 1.93 bits per heavy atom. The Bertz CT molecular complexity index is 1170. The van der Waals surface area contributed by atoms with Crippen LogP contribution in [-0.4, -0.2) is 23.7 Å². The highest BCUT2D eigenvalue weighted by Gasteiger charge is 2.32. The van der Waals surface area contributed by atoms with E-state index in [1.54, 1.807) is 30.3 Å². The van der Waals surface area contributed by atoms with Crippen molar-refractivity contribution in [3.05, 3.63) is 71.9 Å². The van der Waals surface area contributed by atoms with E-state index in [2.05, 4.69) is 15.3 Å². The number of nitrogens with one attached hydrogen (secondary N) is 1. The zero-order valence-electron chi connectivity index (χ0n) is 16.3. The fourth-order valence-electron chi connectivity index (χ4n) is 3.06. The van der Waals surface area contributed by atoms with Crippen LogP contribution in [0.2, 0.25) is 0 Å². The Hall–Kier alpha value is -3.68. The van der Waals surface area contributed by atoms with Crippen LogP contribution in [0.25, 0.3) is 22.2 Å². The Morgan fingerprint density at radius 3 is 2.57 bits per heavy atom. The monoisotopic (exact) mass is 412 g/mol. The number of rotatable bonds is 4. The zero-order chi connectivity index (χ0) is 21.9. The maximum absolute atomic E-state index is 13.2. The lowest BCUT2D eigenvalue weighted by Gasteiger charge is -2.12. The quantitative estimate of drug-likeness (QED) is 0.609. The van der Waals surface area contributed by atoms with Crippen LogP contribution in [0.4, 0.5) is 18.9 Å². The lowest BCUT2D eigenvalue weighted by atomic mass is 10.0. The van der Waals surface area contributed by atoms with Crippen LogP contribution in [-0.2, 0) is 11.0 Å². The van der Waals surface area contributed by atoms with Gasteiger partial charge in [0.15, 0.2) is 0 Å². The molecule has 2 aromatic carbocycles. The van der Waals surface area contributed by atoms with E-state index in [1.165, 1.54) is 31.5 Å². The Balaban J connectivity index is 1.93. The van der Waals surface area contributed by atoms with E-state index in [4.69, 9.17) is 5.73 Å². The lowest BCUT2D eigenvalue weighted by Crippen LogP contribution is -2.22. The predicted octanol–water partition coefficient (Wildman–Crippen LogP) is 4.71. The maximum Gasteiger partial charge on any atom is 0.417 e. The number of nitrogens with two attached hydrogens (primary N) is 1. The number of benzene rings is 2. The van der Waals surface area contributed by atoms with E-state index in [9.17, 15) is 18.0 Å². The van der Waals surface area contributed by atoms with Crippen molar-refractivity contribution in [2.75, 3.05) is 12.4 Å². The van der Waals surface area contributed by atoms with Gasteiger partial charge in [-0.3, -0.25) is 9.79 Å². The summed E-state index contributed by atoms with van der Waals surface area (Å²) in [6.07, 6.45) is -1.82. The van der Waals surface area contributed by atoms with E-state index in [0.717, 1.165) is 17.2 Å². The summed E-state index contributed by atoms with van der Waals surface area (Å²) < 4.78 is 39.6. The zero-order valence-corrected chi connectivity index (χ0v) is 16.3. The SMILES string of the molecule is CN=C(C=CN)C(=O)Nc1ccc(-c2ccc3c(C(F)(F)F)cccc3n2)cc1C. The number of aliphatic imine (C=N–C) groups is 1. The number of hydrogen-bond donors (Lipinski definition) is 2. The van der Waals surface area contributed by atoms with E-state index in [0.29, 0.717) is 11.4 Å². The molecule has 0 fully saturated rings. The fraction of sp³-hybridized carbons (Fsp3) is 0.136. The molecule has 1 aromatic heterocycles. The Morgan fingerprint density at radius 1 is 1.17 bits per heavy atom. The molecule has 0 saturated heterocycles. The summed E-state index contributed by atoms with van der Waals surface area (Å²) >= 11 is 0. The number of fused-ring (bicyclic) bond motifs is 1. The van der Waals surface area contributed by atoms with Crippen molar-refractivity contribution in [1.29, 1.82) is 0 Å². The minimum Gasteiger partial charge on any atom is -0.405 e. The number of alkyl halides is 3. The third-order valence-corrected chi connectivity index (χ3v) is 4.54. The number of amides is 1. The lowest BCUT2D eigenvalue weighted by molar-refractivity contribution is -0.136. The molecule has 0 saturated carbocycles. The van der Waals surface area contributed by atoms with Crippen LogP contribution in [0.5, 0.6) is 0 Å². The minimum absolute atomic E-state index is 0.0497. The molecule has 0 unspecified atom stereocenters. The van der Waals surface area contributed by atoms with Gasteiger partial charge in [0.1, 0.15) is 5.71 Å². The maximum atomic E-state index is 13.2. The number of anilines is 1. The molecule has 30 heavy (non-hydrogen) atoms. The molecular formula is C22H19F3N4O. The van der Waals surface area contributed by atoms with Crippen molar-refractivity contribution in [2.45, 2.75) is 13.1 Å². The van der Waals surface area contributed by atoms with Gasteiger partial charge in [0.25, 0.3) is 5.91 Å². The highest BCUT2D eigenvalue weighted by atomic mass is 19.4. The molecule has 154 valence electrons. The van der Waals surface area contributed by atoms with Crippen LogP contribution < -0.4 is 11.1 Å². The molecule has 0 spiro atoms. The van der Waals surface area contributed by atoms with Crippen molar-refractivity contribution in [3.8, 4) is 11.3 Å². The molecule has 0 bridgehead atoms. The van der Waals surface area contributed by atoms with E-state index < -0.39 is 17.6 Å². The number of aromatic nitrogens is 1. The van der Waals surface area contributed by atoms with Gasteiger partial charge in [-0.05, 0) is 55.1 Å². The average Bonchev–Trinajstić information content (AvgIpc) is 2.71. The van der Waals surface area contributed by atoms with Crippen LogP contribution in [0.1, 0.15) is 11.1 Å². The van der Waals surface area contributed by atoms with Gasteiger partial charge < -0.3 is 11.1 Å². The van der Waals surface area contributed by atoms with Gasteiger partial charge in [-0.25, -0.2) is 4.98 Å². The second-order valence-corrected chi connectivity index (χ2v) is 6.52. The average molecular weight is 412 g/mol. The van der Waals surface area contributed by atoms with Gasteiger partial charge in [0.2, 0.25) is 0 Å². The number of halogens is 3. The molecule has 3 aromatic rings. The first-order chi connectivity index (χ1) is 14.2. The first kappa shape index (κ1) is 21.0. The number of pyridine rings is 1. The Labute approximate surface area is 171 Å². The molecule has 0 atom stereocenters. The highest BCUT2D eigenvalue weighted by Crippen LogP contribution is 2.35. The third-order valence-electron chi connectivity index (χ3n) is 4.54. The van der Waals surface area contributed by atoms with E-state index >= 15 is 0 Å². The van der Waals surface area contributed by atoms with Gasteiger partial charge in [0.05, 0.1) is 16.8 Å². The van der Waals surface area contributed by atoms with E-state index in [-0.39, 0.29) is 16.6 Å². The molecule has 0 radical (unpaired) electrons. The van der Waals surface area contributed by atoms with E-state index in [1.807, 2.05) is 6.92 Å². The summed E-state index contributed by atoms with van der Waals surface area (Å²) in [6.45, 7) is 1.81. The second kappa shape index (κ2) is 8.36. The summed E-state index contributed by atoms with van der Waals surface area (Å²) in [7, 11) is 1.49. The topological polar surface area (TPSA) is 80.4 Å². The molecule has 3 rings (SSSR count). The van der Waals surface area contributed by atoms with Gasteiger partial charge in [-0.1, -0.05) is 18.2 Å².